The number of thioether (sulfide) groups is 1. The van der Waals surface area contributed by atoms with E-state index in [1.54, 1.807) is 0 Å². The highest BCUT2D eigenvalue weighted by atomic mass is 32.2. The Morgan fingerprint density at radius 3 is 2.52 bits per heavy atom. The van der Waals surface area contributed by atoms with Gasteiger partial charge in [-0.1, -0.05) is 55.6 Å². The van der Waals surface area contributed by atoms with Crippen LogP contribution in [0.15, 0.2) is 73.7 Å². The molecule has 27 heavy (non-hydrogen) atoms. The molecule has 1 atom stereocenters. The van der Waals surface area contributed by atoms with Gasteiger partial charge < -0.3 is 21.7 Å². The molecule has 0 radical (unpaired) electrons. The number of nitrogens with one attached hydrogen (secondary N) is 3. The van der Waals surface area contributed by atoms with Crippen molar-refractivity contribution in [3.05, 3.63) is 84.9 Å². The average Bonchev–Trinajstić information content (AvgIpc) is 2.63. The SMILES string of the molecule is C=CCNC(=C)CNCSCCC(=C)NC(Cc1ccc(C)cc1)C(=C)N. The van der Waals surface area contributed by atoms with Crippen LogP contribution in [0.2, 0.25) is 0 Å². The van der Waals surface area contributed by atoms with E-state index in [0.717, 1.165) is 49.0 Å². The summed E-state index contributed by atoms with van der Waals surface area (Å²) in [5, 5.41) is 9.94. The summed E-state index contributed by atoms with van der Waals surface area (Å²) in [6, 6.07) is 8.50. The highest BCUT2D eigenvalue weighted by molar-refractivity contribution is 7.99. The second-order valence-electron chi connectivity index (χ2n) is 6.57. The lowest BCUT2D eigenvalue weighted by molar-refractivity contribution is 0.619. The Balaban J connectivity index is 2.24. The molecule has 0 aliphatic rings. The van der Waals surface area contributed by atoms with Gasteiger partial charge in [0.05, 0.1) is 6.04 Å². The Bertz CT molecular complexity index is 622. The lowest BCUT2D eigenvalue weighted by Crippen LogP contribution is -2.35. The third-order valence-corrected chi connectivity index (χ3v) is 4.87. The van der Waals surface area contributed by atoms with E-state index >= 15 is 0 Å². The fourth-order valence-electron chi connectivity index (χ4n) is 2.37. The van der Waals surface area contributed by atoms with Crippen molar-refractivity contribution < 1.29 is 0 Å². The first kappa shape index (κ1) is 22.9. The number of hydrogen-bond acceptors (Lipinski definition) is 5. The van der Waals surface area contributed by atoms with Gasteiger partial charge in [0.2, 0.25) is 0 Å². The summed E-state index contributed by atoms with van der Waals surface area (Å²) in [5.41, 5.74) is 11.1. The van der Waals surface area contributed by atoms with E-state index in [9.17, 15) is 0 Å². The van der Waals surface area contributed by atoms with Gasteiger partial charge in [0, 0.05) is 36.1 Å². The number of hydrogen-bond donors (Lipinski definition) is 4. The van der Waals surface area contributed by atoms with Gasteiger partial charge >= 0.3 is 0 Å². The molecule has 0 amide bonds. The van der Waals surface area contributed by atoms with E-state index in [-0.39, 0.29) is 6.04 Å². The molecule has 0 aliphatic heterocycles. The smallest absolute Gasteiger partial charge is 0.0688 e. The molecular weight excluding hydrogens is 352 g/mol. The lowest BCUT2D eigenvalue weighted by atomic mass is 10.0. The molecule has 1 unspecified atom stereocenters. The molecule has 1 aromatic rings. The maximum atomic E-state index is 5.99. The van der Waals surface area contributed by atoms with Gasteiger partial charge in [-0.3, -0.25) is 0 Å². The van der Waals surface area contributed by atoms with Crippen LogP contribution in [0.5, 0.6) is 0 Å². The molecule has 0 fully saturated rings. The normalized spacial score (nSPS) is 11.4. The summed E-state index contributed by atoms with van der Waals surface area (Å²) >= 11 is 1.83. The molecule has 0 bridgehead atoms. The van der Waals surface area contributed by atoms with Crippen molar-refractivity contribution in [1.29, 1.82) is 0 Å². The zero-order valence-corrected chi connectivity index (χ0v) is 17.3. The summed E-state index contributed by atoms with van der Waals surface area (Å²) < 4.78 is 0. The number of rotatable bonds is 15. The third kappa shape index (κ3) is 10.6. The summed E-state index contributed by atoms with van der Waals surface area (Å²) in [7, 11) is 0. The fourth-order valence-corrected chi connectivity index (χ4v) is 3.16. The molecule has 5 heteroatoms. The fraction of sp³-hybridized carbons (Fsp3) is 0.364. The topological polar surface area (TPSA) is 62.1 Å². The maximum Gasteiger partial charge on any atom is 0.0688 e. The highest BCUT2D eigenvalue weighted by Gasteiger charge is 2.11. The number of benzene rings is 1. The number of allylic oxidation sites excluding steroid dienone is 1. The van der Waals surface area contributed by atoms with E-state index in [0.29, 0.717) is 5.70 Å². The minimum absolute atomic E-state index is 0.00240. The average molecular weight is 387 g/mol. The lowest BCUT2D eigenvalue weighted by Gasteiger charge is -2.21. The Hall–Kier alpha value is -2.11. The molecule has 5 N–H and O–H groups in total. The predicted molar refractivity (Wildman–Crippen MR) is 122 cm³/mol. The molecule has 0 aliphatic carbocycles. The predicted octanol–water partition coefficient (Wildman–Crippen LogP) is 3.44. The van der Waals surface area contributed by atoms with E-state index in [1.165, 1.54) is 11.1 Å². The zero-order chi connectivity index (χ0) is 20.1. The van der Waals surface area contributed by atoms with Gasteiger partial charge in [-0.2, -0.15) is 0 Å². The van der Waals surface area contributed by atoms with E-state index in [2.05, 4.69) is 73.5 Å². The molecule has 148 valence electrons. The third-order valence-electron chi connectivity index (χ3n) is 3.97. The summed E-state index contributed by atoms with van der Waals surface area (Å²) in [6.45, 7) is 19.3. The number of aryl methyl sites for hydroxylation is 1. The Morgan fingerprint density at radius 2 is 1.89 bits per heavy atom. The highest BCUT2D eigenvalue weighted by Crippen LogP contribution is 2.11. The van der Waals surface area contributed by atoms with Crippen molar-refractivity contribution in [3.63, 3.8) is 0 Å². The van der Waals surface area contributed by atoms with Crippen LogP contribution in [0.25, 0.3) is 0 Å². The first-order chi connectivity index (χ1) is 12.9. The van der Waals surface area contributed by atoms with Gasteiger partial charge in [0.15, 0.2) is 0 Å². The van der Waals surface area contributed by atoms with Crippen LogP contribution >= 0.6 is 11.8 Å². The minimum Gasteiger partial charge on any atom is -0.401 e. The van der Waals surface area contributed by atoms with Gasteiger partial charge in [0.25, 0.3) is 0 Å². The molecule has 1 aromatic carbocycles. The van der Waals surface area contributed by atoms with Crippen molar-refractivity contribution in [2.24, 2.45) is 5.73 Å². The van der Waals surface area contributed by atoms with Crippen LogP contribution in [-0.2, 0) is 6.42 Å². The molecule has 0 saturated heterocycles. The second-order valence-corrected chi connectivity index (χ2v) is 7.67. The molecule has 1 rings (SSSR count). The van der Waals surface area contributed by atoms with Crippen molar-refractivity contribution in [1.82, 2.24) is 16.0 Å². The minimum atomic E-state index is 0.00240. The molecule has 0 heterocycles. The molecule has 0 saturated carbocycles. The Labute approximate surface area is 169 Å². The van der Waals surface area contributed by atoms with Crippen LogP contribution in [0.4, 0.5) is 0 Å². The first-order valence-corrected chi connectivity index (χ1v) is 10.3. The Kier molecular flexibility index (Phi) is 11.1. The zero-order valence-electron chi connectivity index (χ0n) is 16.5. The van der Waals surface area contributed by atoms with Crippen molar-refractivity contribution in [2.75, 3.05) is 24.7 Å². The summed E-state index contributed by atoms with van der Waals surface area (Å²) in [5.74, 6) is 1.86. The molecule has 0 spiro atoms. The van der Waals surface area contributed by atoms with Crippen LogP contribution < -0.4 is 21.7 Å². The van der Waals surface area contributed by atoms with Crippen LogP contribution in [0, 0.1) is 6.92 Å². The van der Waals surface area contributed by atoms with Crippen LogP contribution in [-0.4, -0.2) is 30.8 Å². The summed E-state index contributed by atoms with van der Waals surface area (Å²) in [6.07, 6.45) is 3.52. The van der Waals surface area contributed by atoms with E-state index in [1.807, 2.05) is 17.8 Å². The summed E-state index contributed by atoms with van der Waals surface area (Å²) in [4.78, 5) is 0. The van der Waals surface area contributed by atoms with Crippen LogP contribution in [0.3, 0.4) is 0 Å². The standard InChI is InChI=1S/C22H34N4S/c1-6-12-25-19(4)15-24-16-27-13-11-18(3)26-22(20(5)23)14-21-9-7-17(2)8-10-21/h6-10,22,24-26H,1,3-5,11-16,23H2,2H3. The van der Waals surface area contributed by atoms with Gasteiger partial charge in [-0.25, -0.2) is 0 Å². The Morgan fingerprint density at radius 1 is 1.19 bits per heavy atom. The molecular formula is C22H34N4S. The van der Waals surface area contributed by atoms with Crippen molar-refractivity contribution in [2.45, 2.75) is 25.8 Å². The van der Waals surface area contributed by atoms with Gasteiger partial charge in [-0.15, -0.1) is 18.3 Å². The van der Waals surface area contributed by atoms with Crippen LogP contribution in [0.1, 0.15) is 17.5 Å². The largest absolute Gasteiger partial charge is 0.401 e. The quantitative estimate of drug-likeness (QED) is 0.211. The van der Waals surface area contributed by atoms with E-state index in [4.69, 9.17) is 5.73 Å². The molecule has 0 aromatic heterocycles. The van der Waals surface area contributed by atoms with Crippen molar-refractivity contribution >= 4 is 11.8 Å². The molecule has 4 nitrogen and oxygen atoms in total. The first-order valence-electron chi connectivity index (χ1n) is 9.17. The number of nitrogens with two attached hydrogens (primary N) is 1. The van der Waals surface area contributed by atoms with E-state index < -0.39 is 0 Å². The monoisotopic (exact) mass is 386 g/mol. The van der Waals surface area contributed by atoms with Gasteiger partial charge in [-0.05, 0) is 31.1 Å². The van der Waals surface area contributed by atoms with Gasteiger partial charge in [0.1, 0.15) is 0 Å². The van der Waals surface area contributed by atoms with Crippen molar-refractivity contribution in [3.8, 4) is 0 Å². The second kappa shape index (κ2) is 13.1. The maximum absolute atomic E-state index is 5.99.